The van der Waals surface area contributed by atoms with Crippen LogP contribution < -0.4 is 10.2 Å². The van der Waals surface area contributed by atoms with Crippen LogP contribution in [0.1, 0.15) is 6.42 Å². The van der Waals surface area contributed by atoms with Gasteiger partial charge in [0.1, 0.15) is 5.82 Å². The summed E-state index contributed by atoms with van der Waals surface area (Å²) >= 11 is 4.43. The van der Waals surface area contributed by atoms with E-state index in [-0.39, 0.29) is 35.7 Å². The lowest BCUT2D eigenvalue weighted by atomic mass is 10.3. The number of hydrogen-bond acceptors (Lipinski definition) is 4. The van der Waals surface area contributed by atoms with E-state index in [1.807, 2.05) is 0 Å². The number of thioether (sulfide) groups is 1. The van der Waals surface area contributed by atoms with E-state index in [2.05, 4.69) is 21.2 Å². The summed E-state index contributed by atoms with van der Waals surface area (Å²) in [6.07, 6.45) is 0.0589. The molecule has 0 unspecified atom stereocenters. The van der Waals surface area contributed by atoms with E-state index in [4.69, 9.17) is 0 Å². The van der Waals surface area contributed by atoms with Crippen LogP contribution in [0.15, 0.2) is 53.0 Å². The third kappa shape index (κ3) is 4.31. The van der Waals surface area contributed by atoms with Crippen molar-refractivity contribution in [2.45, 2.75) is 11.7 Å². The third-order valence-electron chi connectivity index (χ3n) is 3.73. The lowest BCUT2D eigenvalue weighted by molar-refractivity contribution is -0.121. The summed E-state index contributed by atoms with van der Waals surface area (Å²) in [5.74, 6) is -1.29. The number of carbonyl (C=O) groups is 3. The summed E-state index contributed by atoms with van der Waals surface area (Å²) < 4.78 is 13.7. The van der Waals surface area contributed by atoms with Gasteiger partial charge in [-0.2, -0.15) is 0 Å². The topological polar surface area (TPSA) is 66.5 Å². The van der Waals surface area contributed by atoms with Crippen LogP contribution in [0.4, 0.5) is 15.8 Å². The van der Waals surface area contributed by atoms with Crippen LogP contribution in [0.3, 0.4) is 0 Å². The van der Waals surface area contributed by atoms with E-state index in [1.54, 1.807) is 24.3 Å². The van der Waals surface area contributed by atoms with Gasteiger partial charge < -0.3 is 5.32 Å². The fourth-order valence-corrected chi connectivity index (χ4v) is 3.70. The number of benzene rings is 2. The molecular weight excluding hydrogens is 423 g/mol. The number of anilines is 2. The smallest absolute Gasteiger partial charge is 0.247 e. The quantitative estimate of drug-likeness (QED) is 0.727. The zero-order chi connectivity index (χ0) is 18.7. The lowest BCUT2D eigenvalue weighted by Crippen LogP contribution is -2.31. The Bertz CT molecular complexity index is 843. The molecule has 1 aliphatic rings. The molecule has 1 fully saturated rings. The normalized spacial score (nSPS) is 16.8. The van der Waals surface area contributed by atoms with E-state index >= 15 is 0 Å². The van der Waals surface area contributed by atoms with Crippen LogP contribution in [-0.4, -0.2) is 28.7 Å². The van der Waals surface area contributed by atoms with Crippen molar-refractivity contribution in [2.75, 3.05) is 16.0 Å². The molecule has 0 saturated carbocycles. The van der Waals surface area contributed by atoms with Crippen LogP contribution in [-0.2, 0) is 14.4 Å². The first-order valence-corrected chi connectivity index (χ1v) is 9.57. The Hall–Kier alpha value is -2.19. The monoisotopic (exact) mass is 436 g/mol. The van der Waals surface area contributed by atoms with Crippen molar-refractivity contribution in [3.05, 3.63) is 58.8 Å². The third-order valence-corrected chi connectivity index (χ3v) is 5.46. The van der Waals surface area contributed by atoms with Gasteiger partial charge in [-0.15, -0.1) is 11.8 Å². The van der Waals surface area contributed by atoms with Gasteiger partial charge in [-0.05, 0) is 48.5 Å². The zero-order valence-electron chi connectivity index (χ0n) is 13.4. The number of rotatable bonds is 5. The summed E-state index contributed by atoms with van der Waals surface area (Å²) in [7, 11) is 0. The summed E-state index contributed by atoms with van der Waals surface area (Å²) in [6.45, 7) is 0. The molecule has 0 aromatic heterocycles. The number of carbonyl (C=O) groups excluding carboxylic acids is 3. The van der Waals surface area contributed by atoms with Crippen LogP contribution in [0.25, 0.3) is 0 Å². The van der Waals surface area contributed by atoms with Gasteiger partial charge in [0.2, 0.25) is 17.7 Å². The SMILES string of the molecule is O=C(CS[C@H]1CC(=O)N(c2ccc(Br)cc2)C1=O)Nc1ccc(F)cc1. The summed E-state index contributed by atoms with van der Waals surface area (Å²) in [5.41, 5.74) is 0.990. The highest BCUT2D eigenvalue weighted by Gasteiger charge is 2.40. The van der Waals surface area contributed by atoms with Gasteiger partial charge in [-0.1, -0.05) is 15.9 Å². The number of halogens is 2. The van der Waals surface area contributed by atoms with Crippen molar-refractivity contribution < 1.29 is 18.8 Å². The first kappa shape index (κ1) is 18.6. The van der Waals surface area contributed by atoms with Gasteiger partial charge in [0, 0.05) is 16.6 Å². The fraction of sp³-hybridized carbons (Fsp3) is 0.167. The molecule has 0 aliphatic carbocycles. The van der Waals surface area contributed by atoms with E-state index in [1.165, 1.54) is 24.3 Å². The lowest BCUT2D eigenvalue weighted by Gasteiger charge is -2.15. The number of imide groups is 1. The van der Waals surface area contributed by atoms with E-state index in [9.17, 15) is 18.8 Å². The Labute approximate surface area is 162 Å². The molecule has 3 rings (SSSR count). The minimum atomic E-state index is -0.592. The van der Waals surface area contributed by atoms with Crippen molar-refractivity contribution in [1.82, 2.24) is 0 Å². The van der Waals surface area contributed by atoms with Gasteiger partial charge in [0.05, 0.1) is 16.7 Å². The Morgan fingerprint density at radius 2 is 1.81 bits per heavy atom. The van der Waals surface area contributed by atoms with Gasteiger partial charge in [0.15, 0.2) is 0 Å². The average molecular weight is 437 g/mol. The second kappa shape index (κ2) is 8.01. The molecule has 3 amide bonds. The molecule has 1 heterocycles. The Kier molecular flexibility index (Phi) is 5.73. The molecule has 0 bridgehead atoms. The van der Waals surface area contributed by atoms with Crippen LogP contribution in [0, 0.1) is 5.82 Å². The Morgan fingerprint density at radius 1 is 1.15 bits per heavy atom. The van der Waals surface area contributed by atoms with Crippen molar-refractivity contribution in [2.24, 2.45) is 0 Å². The van der Waals surface area contributed by atoms with E-state index in [0.717, 1.165) is 21.1 Å². The second-order valence-corrected chi connectivity index (χ2v) is 7.71. The largest absolute Gasteiger partial charge is 0.325 e. The standard InChI is InChI=1S/C18H14BrFN2O3S/c19-11-1-7-14(8-2-11)22-17(24)9-15(18(22)25)26-10-16(23)21-13-5-3-12(20)4-6-13/h1-8,15H,9-10H2,(H,21,23)/t15-/m0/s1. The highest BCUT2D eigenvalue weighted by molar-refractivity contribution is 9.10. The van der Waals surface area contributed by atoms with Gasteiger partial charge in [0.25, 0.3) is 0 Å². The predicted octanol–water partition coefficient (Wildman–Crippen LogP) is 3.59. The maximum atomic E-state index is 12.9. The molecule has 1 atom stereocenters. The molecule has 26 heavy (non-hydrogen) atoms. The van der Waals surface area contributed by atoms with Crippen LogP contribution in [0.2, 0.25) is 0 Å². The van der Waals surface area contributed by atoms with Gasteiger partial charge in [-0.25, -0.2) is 9.29 Å². The maximum absolute atomic E-state index is 12.9. The van der Waals surface area contributed by atoms with Crippen molar-refractivity contribution in [3.63, 3.8) is 0 Å². The fourth-order valence-electron chi connectivity index (χ4n) is 2.50. The van der Waals surface area contributed by atoms with Crippen molar-refractivity contribution >= 4 is 56.8 Å². The van der Waals surface area contributed by atoms with Gasteiger partial charge in [-0.3, -0.25) is 14.4 Å². The molecule has 1 N–H and O–H groups in total. The van der Waals surface area contributed by atoms with Crippen LogP contribution >= 0.6 is 27.7 Å². The summed E-state index contributed by atoms with van der Waals surface area (Å²) in [6, 6.07) is 12.3. The highest BCUT2D eigenvalue weighted by atomic mass is 79.9. The second-order valence-electron chi connectivity index (χ2n) is 5.60. The zero-order valence-corrected chi connectivity index (χ0v) is 15.8. The van der Waals surface area contributed by atoms with E-state index < -0.39 is 5.25 Å². The first-order valence-electron chi connectivity index (χ1n) is 7.73. The molecule has 1 saturated heterocycles. The van der Waals surface area contributed by atoms with Gasteiger partial charge >= 0.3 is 0 Å². The summed E-state index contributed by atoms with van der Waals surface area (Å²) in [5, 5.41) is 2.03. The first-order chi connectivity index (χ1) is 12.4. The summed E-state index contributed by atoms with van der Waals surface area (Å²) in [4.78, 5) is 37.8. The minimum absolute atomic E-state index is 0.0231. The Balaban J connectivity index is 1.57. The van der Waals surface area contributed by atoms with Crippen LogP contribution in [0.5, 0.6) is 0 Å². The Morgan fingerprint density at radius 3 is 2.46 bits per heavy atom. The molecule has 0 radical (unpaired) electrons. The van der Waals surface area contributed by atoms with Crippen molar-refractivity contribution in [1.29, 1.82) is 0 Å². The minimum Gasteiger partial charge on any atom is -0.325 e. The van der Waals surface area contributed by atoms with Crippen molar-refractivity contribution in [3.8, 4) is 0 Å². The predicted molar refractivity (Wildman–Crippen MR) is 103 cm³/mol. The molecular formula is C18H14BrFN2O3S. The van der Waals surface area contributed by atoms with E-state index in [0.29, 0.717) is 11.4 Å². The molecule has 1 aliphatic heterocycles. The maximum Gasteiger partial charge on any atom is 0.247 e. The number of nitrogens with one attached hydrogen (secondary N) is 1. The average Bonchev–Trinajstić information content (AvgIpc) is 2.90. The number of amides is 3. The molecule has 134 valence electrons. The molecule has 0 spiro atoms. The number of nitrogens with zero attached hydrogens (tertiary/aromatic N) is 1. The molecule has 5 nitrogen and oxygen atoms in total. The molecule has 2 aromatic rings. The molecule has 8 heteroatoms. The number of hydrogen-bond donors (Lipinski definition) is 1. The molecule has 2 aromatic carbocycles. The highest BCUT2D eigenvalue weighted by Crippen LogP contribution is 2.30.